The Morgan fingerprint density at radius 2 is 2.06 bits per heavy atom. The lowest BCUT2D eigenvalue weighted by Gasteiger charge is -2.21. The molecule has 1 fully saturated rings. The molecule has 0 radical (unpaired) electrons. The molecule has 0 aromatic heterocycles. The average molecular weight is 250 g/mol. The number of nitrogens with zero attached hydrogens (tertiary/aromatic N) is 1. The van der Waals surface area contributed by atoms with Crippen molar-refractivity contribution in [3.63, 3.8) is 0 Å². The summed E-state index contributed by atoms with van der Waals surface area (Å²) >= 11 is 0. The number of carbonyl (C=O) groups is 2. The number of amides is 2. The van der Waals surface area contributed by atoms with Gasteiger partial charge >= 0.3 is 0 Å². The number of nitrogens with two attached hydrogens (primary N) is 1. The highest BCUT2D eigenvalue weighted by Crippen LogP contribution is 2.14. The summed E-state index contributed by atoms with van der Waals surface area (Å²) in [5, 5.41) is 2.66. The normalized spacial score (nSPS) is 21.9. The smallest absolute Gasteiger partial charge is 0.245 e. The Kier molecular flexibility index (Phi) is 5.75. The Balaban J connectivity index is 0.00000225. The first-order valence-corrected chi connectivity index (χ1v) is 5.30. The van der Waals surface area contributed by atoms with Crippen LogP contribution in [0.5, 0.6) is 0 Å². The van der Waals surface area contributed by atoms with Crippen molar-refractivity contribution in [1.82, 2.24) is 10.2 Å². The number of likely N-dealkylation sites (tertiary alicyclic amines) is 1. The van der Waals surface area contributed by atoms with Gasteiger partial charge in [-0.15, -0.1) is 12.4 Å². The van der Waals surface area contributed by atoms with E-state index >= 15 is 0 Å². The molecule has 1 heterocycles. The molecule has 0 aromatic rings. The molecule has 2 atom stereocenters. The third-order valence-electron chi connectivity index (χ3n) is 2.59. The predicted molar refractivity (Wildman–Crippen MR) is 64.3 cm³/mol. The van der Waals surface area contributed by atoms with Gasteiger partial charge in [-0.1, -0.05) is 0 Å². The first-order valence-electron chi connectivity index (χ1n) is 5.30. The van der Waals surface area contributed by atoms with Crippen molar-refractivity contribution in [3.05, 3.63) is 0 Å². The van der Waals surface area contributed by atoms with E-state index in [1.165, 1.54) is 0 Å². The fraction of sp³-hybridized carbons (Fsp3) is 0.800. The minimum atomic E-state index is -0.564. The van der Waals surface area contributed by atoms with Gasteiger partial charge in [-0.05, 0) is 27.2 Å². The minimum Gasteiger partial charge on any atom is -0.343 e. The maximum absolute atomic E-state index is 11.8. The van der Waals surface area contributed by atoms with Gasteiger partial charge in [0.25, 0.3) is 0 Å². The van der Waals surface area contributed by atoms with Crippen LogP contribution >= 0.6 is 12.4 Å². The third kappa shape index (κ3) is 3.35. The molecule has 3 N–H and O–H groups in total. The van der Waals surface area contributed by atoms with Crippen molar-refractivity contribution in [1.29, 1.82) is 0 Å². The van der Waals surface area contributed by atoms with Crippen molar-refractivity contribution >= 4 is 24.2 Å². The Morgan fingerprint density at radius 3 is 2.44 bits per heavy atom. The summed E-state index contributed by atoms with van der Waals surface area (Å²) in [5.41, 5.74) is 5.42. The van der Waals surface area contributed by atoms with Crippen LogP contribution in [-0.4, -0.2) is 41.4 Å². The summed E-state index contributed by atoms with van der Waals surface area (Å²) in [5.74, 6) is -0.266. The van der Waals surface area contributed by atoms with E-state index in [9.17, 15) is 9.59 Å². The molecule has 6 heteroatoms. The molecule has 0 spiro atoms. The van der Waals surface area contributed by atoms with Crippen LogP contribution in [0.1, 0.15) is 27.2 Å². The highest BCUT2D eigenvalue weighted by atomic mass is 35.5. The zero-order chi connectivity index (χ0) is 11.6. The molecule has 0 aliphatic carbocycles. The fourth-order valence-electron chi connectivity index (χ4n) is 1.65. The van der Waals surface area contributed by atoms with Crippen molar-refractivity contribution in [3.8, 4) is 0 Å². The predicted octanol–water partition coefficient (Wildman–Crippen LogP) is -0.119. The maximum atomic E-state index is 11.8. The molecular weight excluding hydrogens is 230 g/mol. The summed E-state index contributed by atoms with van der Waals surface area (Å²) in [4.78, 5) is 24.9. The second-order valence-corrected chi connectivity index (χ2v) is 4.26. The second-order valence-electron chi connectivity index (χ2n) is 4.26. The van der Waals surface area contributed by atoms with Gasteiger partial charge in [0.05, 0.1) is 6.04 Å². The van der Waals surface area contributed by atoms with E-state index in [4.69, 9.17) is 5.73 Å². The molecule has 0 bridgehead atoms. The van der Waals surface area contributed by atoms with Crippen molar-refractivity contribution in [2.75, 3.05) is 6.54 Å². The standard InChI is InChI=1S/C10H19N3O2.ClH/c1-6(2)13-5-4-8(10(13)15)12-9(14)7(3)11;/h6-8H,4-5,11H2,1-3H3,(H,12,14);1H/t7-,8?;/m0./s1. The van der Waals surface area contributed by atoms with Crippen LogP contribution in [0.4, 0.5) is 0 Å². The fourth-order valence-corrected chi connectivity index (χ4v) is 1.65. The number of carbonyl (C=O) groups excluding carboxylic acids is 2. The van der Waals surface area contributed by atoms with E-state index in [0.29, 0.717) is 13.0 Å². The summed E-state index contributed by atoms with van der Waals surface area (Å²) in [6.45, 7) is 6.25. The first kappa shape index (κ1) is 15.2. The molecule has 5 nitrogen and oxygen atoms in total. The Hall–Kier alpha value is -0.810. The molecule has 1 unspecified atom stereocenters. The number of hydrogen-bond acceptors (Lipinski definition) is 3. The summed E-state index contributed by atoms with van der Waals surface area (Å²) in [6, 6.07) is -0.758. The lowest BCUT2D eigenvalue weighted by molar-refractivity contribution is -0.133. The van der Waals surface area contributed by atoms with Crippen molar-refractivity contribution in [2.45, 2.75) is 45.3 Å². The first-order chi connectivity index (χ1) is 6.93. The Labute approximate surface area is 102 Å². The van der Waals surface area contributed by atoms with Crippen LogP contribution in [0.15, 0.2) is 0 Å². The van der Waals surface area contributed by atoms with E-state index in [1.807, 2.05) is 13.8 Å². The van der Waals surface area contributed by atoms with E-state index in [2.05, 4.69) is 5.32 Å². The molecule has 0 saturated carbocycles. The van der Waals surface area contributed by atoms with Crippen molar-refractivity contribution in [2.24, 2.45) is 5.73 Å². The zero-order valence-electron chi connectivity index (χ0n) is 9.90. The summed E-state index contributed by atoms with van der Waals surface area (Å²) < 4.78 is 0. The SMILES string of the molecule is CC(C)N1CCC(NC(=O)[C@H](C)N)C1=O.Cl. The summed E-state index contributed by atoms with van der Waals surface area (Å²) in [7, 11) is 0. The average Bonchev–Trinajstić information content (AvgIpc) is 2.48. The van der Waals surface area contributed by atoms with Gasteiger partial charge in [0.1, 0.15) is 6.04 Å². The van der Waals surface area contributed by atoms with Crippen LogP contribution < -0.4 is 11.1 Å². The van der Waals surface area contributed by atoms with Crippen molar-refractivity contribution < 1.29 is 9.59 Å². The Morgan fingerprint density at radius 1 is 1.50 bits per heavy atom. The third-order valence-corrected chi connectivity index (χ3v) is 2.59. The molecule has 94 valence electrons. The summed E-state index contributed by atoms with van der Waals surface area (Å²) in [6.07, 6.45) is 0.676. The molecule has 2 amide bonds. The van der Waals surface area contributed by atoms with E-state index < -0.39 is 6.04 Å². The number of halogens is 1. The molecular formula is C10H20ClN3O2. The number of nitrogens with one attached hydrogen (secondary N) is 1. The topological polar surface area (TPSA) is 75.4 Å². The molecule has 1 rings (SSSR count). The van der Waals surface area contributed by atoms with Crippen LogP contribution in [0.3, 0.4) is 0 Å². The van der Waals surface area contributed by atoms with Gasteiger partial charge in [-0.25, -0.2) is 0 Å². The van der Waals surface area contributed by atoms with Gasteiger partial charge < -0.3 is 16.0 Å². The number of rotatable bonds is 3. The highest BCUT2D eigenvalue weighted by Gasteiger charge is 2.34. The van der Waals surface area contributed by atoms with Crippen LogP contribution in [0.2, 0.25) is 0 Å². The Bertz CT molecular complexity index is 269. The van der Waals surface area contributed by atoms with Crippen LogP contribution in [0.25, 0.3) is 0 Å². The van der Waals surface area contributed by atoms with Crippen LogP contribution in [0, 0.1) is 0 Å². The van der Waals surface area contributed by atoms with E-state index in [-0.39, 0.29) is 36.3 Å². The second kappa shape index (κ2) is 6.06. The van der Waals surface area contributed by atoms with E-state index in [1.54, 1.807) is 11.8 Å². The molecule has 1 aliphatic rings. The van der Waals surface area contributed by atoms with Gasteiger partial charge in [-0.3, -0.25) is 9.59 Å². The zero-order valence-corrected chi connectivity index (χ0v) is 10.7. The van der Waals surface area contributed by atoms with Gasteiger partial charge in [-0.2, -0.15) is 0 Å². The van der Waals surface area contributed by atoms with E-state index in [0.717, 1.165) is 0 Å². The lowest BCUT2D eigenvalue weighted by atomic mass is 10.2. The molecule has 1 saturated heterocycles. The van der Waals surface area contributed by atoms with Gasteiger partial charge in [0.15, 0.2) is 0 Å². The maximum Gasteiger partial charge on any atom is 0.245 e. The van der Waals surface area contributed by atoms with Crippen LogP contribution in [-0.2, 0) is 9.59 Å². The lowest BCUT2D eigenvalue weighted by Crippen LogP contribution is -2.48. The molecule has 1 aliphatic heterocycles. The minimum absolute atomic E-state index is 0. The van der Waals surface area contributed by atoms with Gasteiger partial charge in [0.2, 0.25) is 11.8 Å². The highest BCUT2D eigenvalue weighted by molar-refractivity contribution is 5.90. The number of hydrogen-bond donors (Lipinski definition) is 2. The molecule has 0 aromatic carbocycles. The quantitative estimate of drug-likeness (QED) is 0.732. The molecule has 16 heavy (non-hydrogen) atoms. The largest absolute Gasteiger partial charge is 0.343 e. The monoisotopic (exact) mass is 249 g/mol. The van der Waals surface area contributed by atoms with Gasteiger partial charge in [0, 0.05) is 12.6 Å².